The van der Waals surface area contributed by atoms with Crippen LogP contribution in [0.5, 0.6) is 0 Å². The van der Waals surface area contributed by atoms with Gasteiger partial charge in [-0.3, -0.25) is 9.36 Å². The summed E-state index contributed by atoms with van der Waals surface area (Å²) in [5.74, 6) is -1.79. The summed E-state index contributed by atoms with van der Waals surface area (Å²) in [6.45, 7) is 3.62. The van der Waals surface area contributed by atoms with E-state index >= 15 is 0 Å². The number of carbonyl (C=O) groups excluding carboxylic acids is 1. The van der Waals surface area contributed by atoms with Gasteiger partial charge in [-0.1, -0.05) is 32.6 Å². The van der Waals surface area contributed by atoms with Gasteiger partial charge in [-0.05, 0) is 13.3 Å². The van der Waals surface area contributed by atoms with E-state index in [1.54, 1.807) is 0 Å². The van der Waals surface area contributed by atoms with Crippen LogP contribution in [-0.2, 0) is 9.53 Å². The van der Waals surface area contributed by atoms with Gasteiger partial charge in [0.1, 0.15) is 12.2 Å². The Balaban J connectivity index is 2.01. The third-order valence-corrected chi connectivity index (χ3v) is 4.42. The van der Waals surface area contributed by atoms with Crippen LogP contribution in [0.15, 0.2) is 11.0 Å². The molecule has 8 nitrogen and oxygen atoms in total. The van der Waals surface area contributed by atoms with E-state index in [4.69, 9.17) is 4.74 Å². The van der Waals surface area contributed by atoms with Crippen LogP contribution < -0.4 is 11.0 Å². The molecule has 1 aliphatic rings. The van der Waals surface area contributed by atoms with Gasteiger partial charge in [0.05, 0.1) is 12.3 Å². The average Bonchev–Trinajstić information content (AvgIpc) is 2.85. The van der Waals surface area contributed by atoms with E-state index in [1.807, 2.05) is 0 Å². The van der Waals surface area contributed by atoms with Crippen LogP contribution in [0.2, 0.25) is 0 Å². The van der Waals surface area contributed by atoms with Gasteiger partial charge in [-0.2, -0.15) is 4.98 Å². The Morgan fingerprint density at radius 3 is 2.62 bits per heavy atom. The quantitative estimate of drug-likeness (QED) is 0.594. The summed E-state index contributed by atoms with van der Waals surface area (Å²) in [4.78, 5) is 27.5. The van der Waals surface area contributed by atoms with Crippen molar-refractivity contribution in [1.29, 1.82) is 0 Å². The van der Waals surface area contributed by atoms with Crippen LogP contribution in [0.4, 0.5) is 10.2 Å². The van der Waals surface area contributed by atoms with E-state index in [-0.39, 0.29) is 6.42 Å². The highest BCUT2D eigenvalue weighted by Crippen LogP contribution is 2.28. The lowest BCUT2D eigenvalue weighted by molar-refractivity contribution is -0.116. The molecule has 0 bridgehead atoms. The van der Waals surface area contributed by atoms with Crippen molar-refractivity contribution in [2.24, 2.45) is 0 Å². The number of unbranched alkanes of at least 4 members (excludes halogenated alkanes) is 4. The Kier molecular flexibility index (Phi) is 7.24. The molecule has 0 radical (unpaired) electrons. The largest absolute Gasteiger partial charge is 0.388 e. The minimum atomic E-state index is -1.38. The molecule has 2 unspecified atom stereocenters. The lowest BCUT2D eigenvalue weighted by Crippen LogP contribution is -2.36. The number of anilines is 1. The standard InChI is InChI=1S/C17H26FN3O5/c1-3-4-5-6-7-8-12(22)19-15-11(18)9-21(17(25)20-15)16-14(24)13(23)10(2)26-16/h9-10,13-14,16,23-24H,3-8H2,1-2H3,(H,19,20,22,25)/t10-,13?,14?,16-/m1/s1. The molecule has 0 aliphatic carbocycles. The van der Waals surface area contributed by atoms with Crippen LogP contribution in [0.3, 0.4) is 0 Å². The molecule has 9 heteroatoms. The van der Waals surface area contributed by atoms with Crippen molar-refractivity contribution in [1.82, 2.24) is 9.55 Å². The summed E-state index contributed by atoms with van der Waals surface area (Å²) in [6.07, 6.45) is 1.36. The number of aliphatic hydroxyl groups excluding tert-OH is 2. The highest BCUT2D eigenvalue weighted by Gasteiger charge is 2.42. The molecular formula is C17H26FN3O5. The average molecular weight is 371 g/mol. The van der Waals surface area contributed by atoms with Crippen LogP contribution in [-0.4, -0.2) is 44.0 Å². The first-order chi connectivity index (χ1) is 12.3. The van der Waals surface area contributed by atoms with Crippen LogP contribution in [0.25, 0.3) is 0 Å². The molecule has 2 rings (SSSR count). The summed E-state index contributed by atoms with van der Waals surface area (Å²) in [6, 6.07) is 0. The van der Waals surface area contributed by atoms with E-state index in [9.17, 15) is 24.2 Å². The maximum Gasteiger partial charge on any atom is 0.351 e. The van der Waals surface area contributed by atoms with Crippen molar-refractivity contribution < 1.29 is 24.1 Å². The Bertz CT molecular complexity index is 681. The van der Waals surface area contributed by atoms with Crippen molar-refractivity contribution in [2.75, 3.05) is 5.32 Å². The SMILES string of the molecule is CCCCCCCC(=O)Nc1nc(=O)n([C@@H]2O[C@H](C)C(O)C2O)cc1F. The van der Waals surface area contributed by atoms with Crippen molar-refractivity contribution in [2.45, 2.75) is 76.9 Å². The van der Waals surface area contributed by atoms with Gasteiger partial charge >= 0.3 is 5.69 Å². The van der Waals surface area contributed by atoms with Crippen LogP contribution in [0.1, 0.15) is 58.6 Å². The normalized spacial score (nSPS) is 25.4. The zero-order valence-electron chi connectivity index (χ0n) is 15.0. The molecule has 1 aromatic heterocycles. The maximum absolute atomic E-state index is 14.2. The molecule has 146 valence electrons. The molecular weight excluding hydrogens is 345 g/mol. The summed E-state index contributed by atoms with van der Waals surface area (Å²) in [5.41, 5.74) is -0.894. The number of hydrogen-bond acceptors (Lipinski definition) is 6. The second-order valence-electron chi connectivity index (χ2n) is 6.55. The second kappa shape index (κ2) is 9.20. The first-order valence-electron chi connectivity index (χ1n) is 8.95. The topological polar surface area (TPSA) is 114 Å². The minimum absolute atomic E-state index is 0.224. The maximum atomic E-state index is 14.2. The fraction of sp³-hybridized carbons (Fsp3) is 0.706. The number of halogens is 1. The lowest BCUT2D eigenvalue weighted by Gasteiger charge is -2.17. The van der Waals surface area contributed by atoms with Gasteiger partial charge in [0.2, 0.25) is 5.91 Å². The zero-order valence-corrected chi connectivity index (χ0v) is 15.0. The number of amides is 1. The van der Waals surface area contributed by atoms with E-state index < -0.39 is 47.8 Å². The number of rotatable bonds is 8. The van der Waals surface area contributed by atoms with Crippen LogP contribution in [0, 0.1) is 5.82 Å². The Hall–Kier alpha value is -1.84. The third-order valence-electron chi connectivity index (χ3n) is 4.42. The number of aromatic nitrogens is 2. The van der Waals surface area contributed by atoms with Crippen molar-refractivity contribution in [3.63, 3.8) is 0 Å². The molecule has 1 aromatic rings. The van der Waals surface area contributed by atoms with E-state index in [2.05, 4.69) is 17.2 Å². The minimum Gasteiger partial charge on any atom is -0.388 e. The molecule has 2 heterocycles. The van der Waals surface area contributed by atoms with Crippen LogP contribution >= 0.6 is 0 Å². The first kappa shape index (κ1) is 20.5. The lowest BCUT2D eigenvalue weighted by atomic mass is 10.1. The Morgan fingerprint density at radius 1 is 1.31 bits per heavy atom. The molecule has 1 fully saturated rings. The predicted octanol–water partition coefficient (Wildman–Crippen LogP) is 1.32. The molecule has 1 aliphatic heterocycles. The number of aliphatic hydroxyl groups is 2. The number of nitrogens with one attached hydrogen (secondary N) is 1. The van der Waals surface area contributed by atoms with E-state index in [0.29, 0.717) is 6.42 Å². The fourth-order valence-corrected chi connectivity index (χ4v) is 2.86. The highest BCUT2D eigenvalue weighted by molar-refractivity contribution is 5.89. The van der Waals surface area contributed by atoms with Gasteiger partial charge in [-0.15, -0.1) is 0 Å². The Morgan fingerprint density at radius 2 is 2.00 bits per heavy atom. The number of carbonyl (C=O) groups is 1. The molecule has 26 heavy (non-hydrogen) atoms. The number of hydrogen-bond donors (Lipinski definition) is 3. The smallest absolute Gasteiger partial charge is 0.351 e. The third kappa shape index (κ3) is 4.87. The van der Waals surface area contributed by atoms with Gasteiger partial charge in [0.15, 0.2) is 17.9 Å². The molecule has 0 spiro atoms. The van der Waals surface area contributed by atoms with Crippen molar-refractivity contribution in [3.8, 4) is 0 Å². The van der Waals surface area contributed by atoms with Gasteiger partial charge in [-0.25, -0.2) is 9.18 Å². The van der Waals surface area contributed by atoms with Gasteiger partial charge in [0, 0.05) is 6.42 Å². The molecule has 0 aromatic carbocycles. The van der Waals surface area contributed by atoms with Crippen molar-refractivity contribution >= 4 is 11.7 Å². The predicted molar refractivity (Wildman–Crippen MR) is 92.1 cm³/mol. The molecule has 3 N–H and O–H groups in total. The summed E-state index contributed by atoms with van der Waals surface area (Å²) < 4.78 is 20.3. The van der Waals surface area contributed by atoms with Crippen molar-refractivity contribution in [3.05, 3.63) is 22.5 Å². The van der Waals surface area contributed by atoms with Gasteiger partial charge in [0.25, 0.3) is 0 Å². The molecule has 1 amide bonds. The number of ether oxygens (including phenoxy) is 1. The van der Waals surface area contributed by atoms with E-state index in [0.717, 1.165) is 36.4 Å². The fourth-order valence-electron chi connectivity index (χ4n) is 2.86. The zero-order chi connectivity index (χ0) is 19.3. The summed E-state index contributed by atoms with van der Waals surface area (Å²) in [7, 11) is 0. The first-order valence-corrected chi connectivity index (χ1v) is 8.95. The molecule has 4 atom stereocenters. The summed E-state index contributed by atoms with van der Waals surface area (Å²) in [5, 5.41) is 21.9. The summed E-state index contributed by atoms with van der Waals surface area (Å²) >= 11 is 0. The molecule has 0 saturated carbocycles. The monoisotopic (exact) mass is 371 g/mol. The van der Waals surface area contributed by atoms with E-state index in [1.165, 1.54) is 6.92 Å². The van der Waals surface area contributed by atoms with Gasteiger partial charge < -0.3 is 20.3 Å². The number of nitrogens with zero attached hydrogens (tertiary/aromatic N) is 2. The highest BCUT2D eigenvalue weighted by atomic mass is 19.1. The molecule has 1 saturated heterocycles. The second-order valence-corrected chi connectivity index (χ2v) is 6.55. The Labute approximate surface area is 151 Å².